The van der Waals surface area contributed by atoms with Crippen molar-refractivity contribution in [2.24, 2.45) is 0 Å². The van der Waals surface area contributed by atoms with E-state index in [2.05, 4.69) is 5.32 Å². The second kappa shape index (κ2) is 4.29. The molecule has 0 aromatic rings. The van der Waals surface area contributed by atoms with Crippen molar-refractivity contribution in [3.63, 3.8) is 0 Å². The normalized spacial score (nSPS) is 22.7. The molecule has 4 heteroatoms. The average molecular weight is 206 g/mol. The summed E-state index contributed by atoms with van der Waals surface area (Å²) in [7, 11) is 0. The zero-order valence-electron chi connectivity index (χ0n) is 7.85. The summed E-state index contributed by atoms with van der Waals surface area (Å²) in [6.07, 6.45) is 3.65. The van der Waals surface area contributed by atoms with Crippen LogP contribution in [-0.2, 0) is 4.79 Å². The number of halogens is 1. The molecule has 1 unspecified atom stereocenters. The van der Waals surface area contributed by atoms with Crippen LogP contribution in [0.15, 0.2) is 0 Å². The predicted molar refractivity (Wildman–Crippen MR) is 51.7 cm³/mol. The number of hydrogen-bond acceptors (Lipinski definition) is 2. The Balaban J connectivity index is 2.29. The average Bonchev–Trinajstić information content (AvgIpc) is 2.48. The van der Waals surface area contributed by atoms with E-state index in [1.165, 1.54) is 0 Å². The van der Waals surface area contributed by atoms with Crippen LogP contribution in [0.5, 0.6) is 0 Å². The van der Waals surface area contributed by atoms with Gasteiger partial charge in [0.05, 0.1) is 5.60 Å². The maximum atomic E-state index is 11.1. The molecule has 1 rings (SSSR count). The Morgan fingerprint density at radius 1 is 1.62 bits per heavy atom. The number of nitrogens with one attached hydrogen (secondary N) is 1. The number of carbonyl (C=O) groups is 1. The summed E-state index contributed by atoms with van der Waals surface area (Å²) in [5.74, 6) is -0.206. The molecule has 0 spiro atoms. The zero-order chi connectivity index (χ0) is 9.90. The van der Waals surface area contributed by atoms with Gasteiger partial charge < -0.3 is 10.4 Å². The lowest BCUT2D eigenvalue weighted by Crippen LogP contribution is -2.42. The lowest BCUT2D eigenvalue weighted by atomic mass is 10.0. The van der Waals surface area contributed by atoms with E-state index in [0.717, 1.165) is 25.7 Å². The molecule has 0 radical (unpaired) electrons. The van der Waals surface area contributed by atoms with Gasteiger partial charge in [-0.2, -0.15) is 0 Å². The third kappa shape index (κ3) is 3.16. The minimum atomic E-state index is -0.679. The lowest BCUT2D eigenvalue weighted by Gasteiger charge is -2.22. The molecule has 0 heterocycles. The predicted octanol–water partition coefficient (Wildman–Crippen LogP) is 1.03. The molecule has 1 fully saturated rings. The van der Waals surface area contributed by atoms with Crippen molar-refractivity contribution in [1.82, 2.24) is 5.32 Å². The van der Waals surface area contributed by atoms with Crippen LogP contribution in [-0.4, -0.2) is 28.5 Å². The highest BCUT2D eigenvalue weighted by Crippen LogP contribution is 2.28. The fourth-order valence-corrected chi connectivity index (χ4v) is 1.68. The first kappa shape index (κ1) is 10.8. The van der Waals surface area contributed by atoms with E-state index >= 15 is 0 Å². The standard InChI is InChI=1S/C9H16ClNO2/c1-7(10)8(12)11-6-9(13)4-2-3-5-9/h7,13H,2-6H2,1H3,(H,11,12). The summed E-state index contributed by atoms with van der Waals surface area (Å²) < 4.78 is 0. The minimum absolute atomic E-state index is 0.206. The van der Waals surface area contributed by atoms with E-state index in [1.807, 2.05) is 0 Å². The highest BCUT2D eigenvalue weighted by molar-refractivity contribution is 6.30. The van der Waals surface area contributed by atoms with E-state index in [4.69, 9.17) is 11.6 Å². The topological polar surface area (TPSA) is 49.3 Å². The molecule has 3 nitrogen and oxygen atoms in total. The first-order valence-corrected chi connectivity index (χ1v) is 5.11. The van der Waals surface area contributed by atoms with Crippen molar-refractivity contribution in [3.05, 3.63) is 0 Å². The smallest absolute Gasteiger partial charge is 0.237 e. The largest absolute Gasteiger partial charge is 0.388 e. The van der Waals surface area contributed by atoms with Gasteiger partial charge in [-0.15, -0.1) is 11.6 Å². The van der Waals surface area contributed by atoms with Crippen molar-refractivity contribution >= 4 is 17.5 Å². The van der Waals surface area contributed by atoms with Crippen LogP contribution >= 0.6 is 11.6 Å². The van der Waals surface area contributed by atoms with Crippen LogP contribution < -0.4 is 5.32 Å². The molecule has 0 bridgehead atoms. The zero-order valence-corrected chi connectivity index (χ0v) is 8.60. The first-order valence-electron chi connectivity index (χ1n) is 4.68. The Kier molecular flexibility index (Phi) is 3.56. The number of alkyl halides is 1. The molecule has 13 heavy (non-hydrogen) atoms. The summed E-state index contributed by atoms with van der Waals surface area (Å²) in [5, 5.41) is 12.0. The van der Waals surface area contributed by atoms with Crippen LogP contribution in [0.4, 0.5) is 0 Å². The third-order valence-corrected chi connectivity index (χ3v) is 2.69. The summed E-state index contributed by atoms with van der Waals surface area (Å²) in [6.45, 7) is 1.96. The van der Waals surface area contributed by atoms with Gasteiger partial charge in [-0.25, -0.2) is 0 Å². The van der Waals surface area contributed by atoms with Gasteiger partial charge in [-0.3, -0.25) is 4.79 Å². The quantitative estimate of drug-likeness (QED) is 0.677. The Bertz CT molecular complexity index is 188. The molecule has 1 saturated carbocycles. The number of rotatable bonds is 3. The van der Waals surface area contributed by atoms with Gasteiger partial charge in [0.15, 0.2) is 0 Å². The van der Waals surface area contributed by atoms with Crippen LogP contribution in [0.25, 0.3) is 0 Å². The van der Waals surface area contributed by atoms with Gasteiger partial charge in [0, 0.05) is 6.54 Å². The minimum Gasteiger partial charge on any atom is -0.388 e. The molecule has 0 aromatic heterocycles. The molecule has 76 valence electrons. The first-order chi connectivity index (χ1) is 6.03. The number of carbonyl (C=O) groups excluding carboxylic acids is 1. The van der Waals surface area contributed by atoms with Crippen LogP contribution in [0.1, 0.15) is 32.6 Å². The highest BCUT2D eigenvalue weighted by Gasteiger charge is 2.31. The van der Waals surface area contributed by atoms with Gasteiger partial charge in [0.1, 0.15) is 5.38 Å². The molecule has 0 saturated heterocycles. The second-order valence-corrected chi connectivity index (χ2v) is 4.42. The van der Waals surface area contributed by atoms with Gasteiger partial charge in [0.2, 0.25) is 5.91 Å². The number of aliphatic hydroxyl groups is 1. The van der Waals surface area contributed by atoms with Gasteiger partial charge in [-0.05, 0) is 19.8 Å². The fraction of sp³-hybridized carbons (Fsp3) is 0.889. The molecule has 0 aromatic carbocycles. The highest BCUT2D eigenvalue weighted by atomic mass is 35.5. The Hall–Kier alpha value is -0.280. The molecule has 2 N–H and O–H groups in total. The molecule has 1 amide bonds. The van der Waals surface area contributed by atoms with Crippen molar-refractivity contribution in [2.75, 3.05) is 6.54 Å². The van der Waals surface area contributed by atoms with E-state index in [-0.39, 0.29) is 5.91 Å². The maximum absolute atomic E-state index is 11.1. The SMILES string of the molecule is CC(Cl)C(=O)NCC1(O)CCCC1. The number of hydrogen-bond donors (Lipinski definition) is 2. The van der Waals surface area contributed by atoms with Crippen molar-refractivity contribution in [2.45, 2.75) is 43.6 Å². The van der Waals surface area contributed by atoms with E-state index in [9.17, 15) is 9.90 Å². The maximum Gasteiger partial charge on any atom is 0.237 e. The molecular formula is C9H16ClNO2. The summed E-state index contributed by atoms with van der Waals surface area (Å²) >= 11 is 5.57. The van der Waals surface area contributed by atoms with Crippen LogP contribution in [0.2, 0.25) is 0 Å². The Labute approximate surface area is 83.5 Å². The molecule has 1 aliphatic carbocycles. The summed E-state index contributed by atoms with van der Waals surface area (Å²) in [4.78, 5) is 11.1. The van der Waals surface area contributed by atoms with Crippen molar-refractivity contribution in [3.8, 4) is 0 Å². The summed E-state index contributed by atoms with van der Waals surface area (Å²) in [6, 6.07) is 0. The molecule has 1 aliphatic rings. The van der Waals surface area contributed by atoms with Gasteiger partial charge >= 0.3 is 0 Å². The van der Waals surface area contributed by atoms with Crippen molar-refractivity contribution < 1.29 is 9.90 Å². The second-order valence-electron chi connectivity index (χ2n) is 3.77. The Morgan fingerprint density at radius 2 is 2.15 bits per heavy atom. The Morgan fingerprint density at radius 3 is 2.62 bits per heavy atom. The van der Waals surface area contributed by atoms with Crippen molar-refractivity contribution in [1.29, 1.82) is 0 Å². The van der Waals surface area contributed by atoms with Crippen LogP contribution in [0, 0.1) is 0 Å². The third-order valence-electron chi connectivity index (χ3n) is 2.49. The van der Waals surface area contributed by atoms with Gasteiger partial charge in [0.25, 0.3) is 0 Å². The monoisotopic (exact) mass is 205 g/mol. The summed E-state index contributed by atoms with van der Waals surface area (Å²) in [5.41, 5.74) is -0.679. The van der Waals surface area contributed by atoms with E-state index in [1.54, 1.807) is 6.92 Å². The van der Waals surface area contributed by atoms with Gasteiger partial charge in [-0.1, -0.05) is 12.8 Å². The molecule has 0 aliphatic heterocycles. The van der Waals surface area contributed by atoms with E-state index < -0.39 is 11.0 Å². The van der Waals surface area contributed by atoms with E-state index in [0.29, 0.717) is 6.54 Å². The lowest BCUT2D eigenvalue weighted by molar-refractivity contribution is -0.121. The van der Waals surface area contributed by atoms with Crippen LogP contribution in [0.3, 0.4) is 0 Å². The molecular weight excluding hydrogens is 190 g/mol. The molecule has 1 atom stereocenters. The number of amides is 1. The fourth-order valence-electron chi connectivity index (χ4n) is 1.60.